The maximum atomic E-state index is 11.1. The minimum Gasteiger partial charge on any atom is -0.469 e. The molecule has 1 heterocycles. The van der Waals surface area contributed by atoms with Gasteiger partial charge in [0.2, 0.25) is 0 Å². The molecular formula is C9H14BrN3O2. The molecule has 6 heteroatoms. The van der Waals surface area contributed by atoms with Gasteiger partial charge in [0.1, 0.15) is 16.8 Å². The van der Waals surface area contributed by atoms with E-state index in [4.69, 9.17) is 0 Å². The zero-order valence-corrected chi connectivity index (χ0v) is 10.4. The number of carbonyl (C=O) groups excluding carboxylic acids is 1. The third kappa shape index (κ3) is 3.64. The molecular weight excluding hydrogens is 262 g/mol. The minimum atomic E-state index is -0.279. The number of aromatic nitrogens is 2. The number of ether oxygens (including phenoxy) is 1. The minimum absolute atomic E-state index is 0.200. The largest absolute Gasteiger partial charge is 0.469 e. The van der Waals surface area contributed by atoms with E-state index in [0.29, 0.717) is 5.82 Å². The van der Waals surface area contributed by atoms with Crippen molar-refractivity contribution in [2.24, 2.45) is 0 Å². The molecule has 0 bridgehead atoms. The fourth-order valence-electron chi connectivity index (χ4n) is 1.19. The van der Waals surface area contributed by atoms with Gasteiger partial charge in [-0.3, -0.25) is 4.79 Å². The molecule has 1 aromatic rings. The van der Waals surface area contributed by atoms with E-state index < -0.39 is 0 Å². The van der Waals surface area contributed by atoms with Crippen molar-refractivity contribution in [1.29, 1.82) is 0 Å². The van der Waals surface area contributed by atoms with Crippen LogP contribution in [-0.4, -0.2) is 36.2 Å². The third-order valence-corrected chi connectivity index (χ3v) is 2.34. The summed E-state index contributed by atoms with van der Waals surface area (Å²) >= 11 is 3.28. The highest BCUT2D eigenvalue weighted by atomic mass is 79.9. The molecule has 0 aromatic carbocycles. The second-order valence-corrected chi connectivity index (χ2v) is 3.84. The number of rotatable bonds is 5. The van der Waals surface area contributed by atoms with Crippen LogP contribution >= 0.6 is 15.9 Å². The molecule has 0 radical (unpaired) electrons. The summed E-state index contributed by atoms with van der Waals surface area (Å²) < 4.78 is 7.26. The average Bonchev–Trinajstić information content (AvgIpc) is 2.55. The molecule has 0 unspecified atom stereocenters. The van der Waals surface area contributed by atoms with Crippen LogP contribution in [0.2, 0.25) is 0 Å². The summed E-state index contributed by atoms with van der Waals surface area (Å²) in [6.07, 6.45) is 2.06. The standard InChI is InChI=1S/C9H14BrN3O2/c1-11-3-4-13-6-7(10)12-8(13)5-9(14)15-2/h6,11H,3-5H2,1-2H3. The van der Waals surface area contributed by atoms with Crippen molar-refractivity contribution in [3.8, 4) is 0 Å². The van der Waals surface area contributed by atoms with Gasteiger partial charge in [0.05, 0.1) is 7.11 Å². The first-order chi connectivity index (χ1) is 7.17. The Morgan fingerprint density at radius 1 is 1.73 bits per heavy atom. The van der Waals surface area contributed by atoms with Gasteiger partial charge < -0.3 is 14.6 Å². The summed E-state index contributed by atoms with van der Waals surface area (Å²) in [5.74, 6) is 0.433. The smallest absolute Gasteiger partial charge is 0.313 e. The van der Waals surface area contributed by atoms with Crippen LogP contribution in [0.3, 0.4) is 0 Å². The molecule has 0 atom stereocenters. The first-order valence-corrected chi connectivity index (χ1v) is 5.39. The van der Waals surface area contributed by atoms with Gasteiger partial charge in [0.15, 0.2) is 0 Å². The number of hydrogen-bond donors (Lipinski definition) is 1. The second kappa shape index (κ2) is 5.87. The average molecular weight is 276 g/mol. The highest BCUT2D eigenvalue weighted by Crippen LogP contribution is 2.10. The molecule has 84 valence electrons. The quantitative estimate of drug-likeness (QED) is 0.799. The van der Waals surface area contributed by atoms with E-state index in [1.165, 1.54) is 7.11 Å². The van der Waals surface area contributed by atoms with Crippen molar-refractivity contribution >= 4 is 21.9 Å². The summed E-state index contributed by atoms with van der Waals surface area (Å²) in [6.45, 7) is 1.61. The van der Waals surface area contributed by atoms with Gasteiger partial charge in [-0.1, -0.05) is 0 Å². The first kappa shape index (κ1) is 12.2. The Hall–Kier alpha value is -0.880. The molecule has 1 rings (SSSR count). The molecule has 1 N–H and O–H groups in total. The normalized spacial score (nSPS) is 10.3. The molecule has 0 fully saturated rings. The number of imidazole rings is 1. The van der Waals surface area contributed by atoms with Gasteiger partial charge in [-0.15, -0.1) is 0 Å². The third-order valence-electron chi connectivity index (χ3n) is 1.96. The zero-order valence-electron chi connectivity index (χ0n) is 8.79. The molecule has 0 spiro atoms. The van der Waals surface area contributed by atoms with Crippen molar-refractivity contribution in [2.45, 2.75) is 13.0 Å². The van der Waals surface area contributed by atoms with Gasteiger partial charge in [-0.2, -0.15) is 0 Å². The highest BCUT2D eigenvalue weighted by molar-refractivity contribution is 9.10. The van der Waals surface area contributed by atoms with Crippen molar-refractivity contribution < 1.29 is 9.53 Å². The number of carbonyl (C=O) groups is 1. The molecule has 15 heavy (non-hydrogen) atoms. The van der Waals surface area contributed by atoms with E-state index in [0.717, 1.165) is 17.7 Å². The van der Waals surface area contributed by atoms with Gasteiger partial charge in [-0.05, 0) is 23.0 Å². The maximum Gasteiger partial charge on any atom is 0.313 e. The Morgan fingerprint density at radius 2 is 2.47 bits per heavy atom. The van der Waals surface area contributed by atoms with E-state index in [9.17, 15) is 4.79 Å². The molecule has 0 aliphatic heterocycles. The van der Waals surface area contributed by atoms with Gasteiger partial charge in [0.25, 0.3) is 0 Å². The van der Waals surface area contributed by atoms with E-state index in [1.807, 2.05) is 17.8 Å². The molecule has 0 saturated heterocycles. The number of nitrogens with one attached hydrogen (secondary N) is 1. The first-order valence-electron chi connectivity index (χ1n) is 4.60. The summed E-state index contributed by atoms with van der Waals surface area (Å²) in [4.78, 5) is 15.3. The number of nitrogens with zero attached hydrogens (tertiary/aromatic N) is 2. The fourth-order valence-corrected chi connectivity index (χ4v) is 1.64. The lowest BCUT2D eigenvalue weighted by molar-refractivity contribution is -0.139. The van der Waals surface area contributed by atoms with Crippen LogP contribution in [0.15, 0.2) is 10.8 Å². The van der Waals surface area contributed by atoms with Crippen LogP contribution in [0.1, 0.15) is 5.82 Å². The predicted molar refractivity (Wildman–Crippen MR) is 59.6 cm³/mol. The summed E-state index contributed by atoms with van der Waals surface area (Å²) in [5.41, 5.74) is 0. The maximum absolute atomic E-state index is 11.1. The monoisotopic (exact) mass is 275 g/mol. The Bertz CT molecular complexity index is 338. The fraction of sp³-hybridized carbons (Fsp3) is 0.556. The molecule has 0 aliphatic rings. The topological polar surface area (TPSA) is 56.2 Å². The van der Waals surface area contributed by atoms with E-state index in [-0.39, 0.29) is 12.4 Å². The molecule has 5 nitrogen and oxygen atoms in total. The van der Waals surface area contributed by atoms with Crippen LogP contribution in [-0.2, 0) is 22.5 Å². The van der Waals surface area contributed by atoms with Crippen molar-refractivity contribution in [3.05, 3.63) is 16.6 Å². The van der Waals surface area contributed by atoms with Crippen LogP contribution in [0.4, 0.5) is 0 Å². The van der Waals surface area contributed by atoms with Gasteiger partial charge in [0, 0.05) is 19.3 Å². The number of methoxy groups -OCH3 is 1. The zero-order chi connectivity index (χ0) is 11.3. The lowest BCUT2D eigenvalue weighted by Gasteiger charge is -2.05. The SMILES string of the molecule is CNCCn1cc(Br)nc1CC(=O)OC. The van der Waals surface area contributed by atoms with Gasteiger partial charge >= 0.3 is 5.97 Å². The van der Waals surface area contributed by atoms with Crippen molar-refractivity contribution in [3.63, 3.8) is 0 Å². The van der Waals surface area contributed by atoms with Crippen LogP contribution < -0.4 is 5.32 Å². The van der Waals surface area contributed by atoms with Crippen LogP contribution in [0, 0.1) is 0 Å². The van der Waals surface area contributed by atoms with E-state index in [1.54, 1.807) is 0 Å². The van der Waals surface area contributed by atoms with Crippen molar-refractivity contribution in [1.82, 2.24) is 14.9 Å². The lowest BCUT2D eigenvalue weighted by Crippen LogP contribution is -2.18. The Kier molecular flexibility index (Phi) is 4.77. The molecule has 0 amide bonds. The van der Waals surface area contributed by atoms with E-state index in [2.05, 4.69) is 31.0 Å². The Labute approximate surface area is 97.0 Å². The number of hydrogen-bond acceptors (Lipinski definition) is 4. The van der Waals surface area contributed by atoms with E-state index >= 15 is 0 Å². The number of halogens is 1. The summed E-state index contributed by atoms with van der Waals surface area (Å²) in [6, 6.07) is 0. The second-order valence-electron chi connectivity index (χ2n) is 3.03. The predicted octanol–water partition coefficient (Wildman–Crippen LogP) is 0.580. The number of likely N-dealkylation sites (N-methyl/N-ethyl adjacent to an activating group) is 1. The molecule has 1 aromatic heterocycles. The highest BCUT2D eigenvalue weighted by Gasteiger charge is 2.10. The lowest BCUT2D eigenvalue weighted by atomic mass is 10.4. The summed E-state index contributed by atoms with van der Waals surface area (Å²) in [7, 11) is 3.25. The molecule has 0 aliphatic carbocycles. The Morgan fingerprint density at radius 3 is 3.07 bits per heavy atom. The van der Waals surface area contributed by atoms with Crippen molar-refractivity contribution in [2.75, 3.05) is 20.7 Å². The van der Waals surface area contributed by atoms with Gasteiger partial charge in [-0.25, -0.2) is 4.98 Å². The van der Waals surface area contributed by atoms with Crippen LogP contribution in [0.25, 0.3) is 0 Å². The molecule has 0 saturated carbocycles. The number of esters is 1. The van der Waals surface area contributed by atoms with Crippen LogP contribution in [0.5, 0.6) is 0 Å². The summed E-state index contributed by atoms with van der Waals surface area (Å²) in [5, 5.41) is 3.04. The Balaban J connectivity index is 2.72.